The molecule has 0 heterocycles. The van der Waals surface area contributed by atoms with Crippen LogP contribution in [0.3, 0.4) is 0 Å². The van der Waals surface area contributed by atoms with Crippen molar-refractivity contribution in [1.82, 2.24) is 5.32 Å². The van der Waals surface area contributed by atoms with Gasteiger partial charge in [-0.3, -0.25) is 4.79 Å². The molecule has 0 aliphatic heterocycles. The third-order valence-corrected chi connectivity index (χ3v) is 3.60. The van der Waals surface area contributed by atoms with Gasteiger partial charge in [0.25, 0.3) is 5.91 Å². The van der Waals surface area contributed by atoms with Crippen LogP contribution in [0.1, 0.15) is 33.2 Å². The zero-order valence-corrected chi connectivity index (χ0v) is 12.8. The minimum Gasteiger partial charge on any atom is -0.387 e. The van der Waals surface area contributed by atoms with Gasteiger partial charge >= 0.3 is 0 Å². The van der Waals surface area contributed by atoms with Gasteiger partial charge in [-0.15, -0.1) is 0 Å². The number of carbonyl (C=O) groups is 1. The van der Waals surface area contributed by atoms with Crippen LogP contribution in [0.2, 0.25) is 5.02 Å². The first-order chi connectivity index (χ1) is 9.97. The Morgan fingerprint density at radius 1 is 1.19 bits per heavy atom. The van der Waals surface area contributed by atoms with E-state index in [1.165, 1.54) is 0 Å². The van der Waals surface area contributed by atoms with Crippen molar-refractivity contribution in [2.24, 2.45) is 0 Å². The average Bonchev–Trinajstić information content (AvgIpc) is 2.47. The van der Waals surface area contributed by atoms with Crippen LogP contribution >= 0.6 is 11.6 Å². The van der Waals surface area contributed by atoms with E-state index < -0.39 is 6.10 Å². The van der Waals surface area contributed by atoms with E-state index in [1.54, 1.807) is 24.3 Å². The smallest absolute Gasteiger partial charge is 0.251 e. The molecule has 2 aromatic carbocycles. The minimum absolute atomic E-state index is 0.161. The lowest BCUT2D eigenvalue weighted by molar-refractivity contribution is 0.0915. The van der Waals surface area contributed by atoms with Crippen LogP contribution in [0.5, 0.6) is 0 Å². The molecule has 2 rings (SSSR count). The molecule has 2 aromatic rings. The van der Waals surface area contributed by atoms with E-state index >= 15 is 0 Å². The fraction of sp³-hybridized carbons (Fsp3) is 0.235. The third kappa shape index (κ3) is 4.06. The number of aryl methyl sites for hydroxylation is 2. The maximum absolute atomic E-state index is 12.2. The Kier molecular flexibility index (Phi) is 4.99. The van der Waals surface area contributed by atoms with Gasteiger partial charge in [0, 0.05) is 17.1 Å². The molecule has 0 aliphatic carbocycles. The van der Waals surface area contributed by atoms with Crippen molar-refractivity contribution in [3.05, 3.63) is 69.7 Å². The van der Waals surface area contributed by atoms with Crippen LogP contribution in [0.25, 0.3) is 0 Å². The van der Waals surface area contributed by atoms with Crippen LogP contribution in [0.4, 0.5) is 0 Å². The maximum Gasteiger partial charge on any atom is 0.251 e. The molecule has 0 aliphatic rings. The van der Waals surface area contributed by atoms with Crippen LogP contribution < -0.4 is 5.32 Å². The number of aliphatic hydroxyl groups excluding tert-OH is 1. The highest BCUT2D eigenvalue weighted by molar-refractivity contribution is 6.30. The fourth-order valence-electron chi connectivity index (χ4n) is 2.07. The summed E-state index contributed by atoms with van der Waals surface area (Å²) in [7, 11) is 0. The number of halogens is 1. The Bertz CT molecular complexity index is 638. The molecule has 0 saturated heterocycles. The van der Waals surface area contributed by atoms with E-state index in [0.29, 0.717) is 10.6 Å². The molecular formula is C17H18ClNO2. The number of nitrogens with one attached hydrogen (secondary N) is 1. The number of carbonyl (C=O) groups excluding carboxylic acids is 1. The lowest BCUT2D eigenvalue weighted by Gasteiger charge is -2.13. The van der Waals surface area contributed by atoms with Crippen molar-refractivity contribution in [1.29, 1.82) is 0 Å². The average molecular weight is 304 g/mol. The quantitative estimate of drug-likeness (QED) is 0.909. The van der Waals surface area contributed by atoms with Gasteiger partial charge in [0.05, 0.1) is 6.10 Å². The van der Waals surface area contributed by atoms with Crippen molar-refractivity contribution in [2.45, 2.75) is 20.0 Å². The first-order valence-corrected chi connectivity index (χ1v) is 7.14. The van der Waals surface area contributed by atoms with Gasteiger partial charge in [0.2, 0.25) is 0 Å². The largest absolute Gasteiger partial charge is 0.387 e. The molecule has 1 atom stereocenters. The van der Waals surface area contributed by atoms with Gasteiger partial charge in [-0.1, -0.05) is 41.4 Å². The molecule has 0 saturated carbocycles. The zero-order valence-electron chi connectivity index (χ0n) is 12.1. The molecule has 1 unspecified atom stereocenters. The molecule has 0 fully saturated rings. The first-order valence-electron chi connectivity index (χ1n) is 6.76. The maximum atomic E-state index is 12.2. The molecule has 0 bridgehead atoms. The molecule has 21 heavy (non-hydrogen) atoms. The van der Waals surface area contributed by atoms with E-state index in [9.17, 15) is 9.90 Å². The van der Waals surface area contributed by atoms with Crippen LogP contribution in [-0.4, -0.2) is 17.6 Å². The van der Waals surface area contributed by atoms with E-state index in [2.05, 4.69) is 5.32 Å². The minimum atomic E-state index is -0.753. The number of hydrogen-bond acceptors (Lipinski definition) is 2. The van der Waals surface area contributed by atoms with Gasteiger partial charge in [0.15, 0.2) is 0 Å². The summed E-state index contributed by atoms with van der Waals surface area (Å²) in [6.45, 7) is 4.00. The summed E-state index contributed by atoms with van der Waals surface area (Å²) in [6, 6.07) is 12.7. The van der Waals surface area contributed by atoms with Crippen molar-refractivity contribution < 1.29 is 9.90 Å². The molecular weight excluding hydrogens is 286 g/mol. The second kappa shape index (κ2) is 6.74. The summed E-state index contributed by atoms with van der Waals surface area (Å²) in [4.78, 5) is 12.2. The summed E-state index contributed by atoms with van der Waals surface area (Å²) in [6.07, 6.45) is -0.753. The fourth-order valence-corrected chi connectivity index (χ4v) is 2.19. The predicted octanol–water partition coefficient (Wildman–Crippen LogP) is 3.42. The first kappa shape index (κ1) is 15.5. The van der Waals surface area contributed by atoms with E-state index in [1.807, 2.05) is 32.0 Å². The second-order valence-electron chi connectivity index (χ2n) is 5.10. The lowest BCUT2D eigenvalue weighted by Crippen LogP contribution is -2.29. The molecule has 110 valence electrons. The summed E-state index contributed by atoms with van der Waals surface area (Å²) < 4.78 is 0. The summed E-state index contributed by atoms with van der Waals surface area (Å²) in [5.74, 6) is -0.177. The van der Waals surface area contributed by atoms with Crippen molar-refractivity contribution >= 4 is 17.5 Å². The van der Waals surface area contributed by atoms with E-state index in [-0.39, 0.29) is 12.5 Å². The van der Waals surface area contributed by atoms with Gasteiger partial charge in [-0.25, -0.2) is 0 Å². The van der Waals surface area contributed by atoms with Crippen molar-refractivity contribution in [3.8, 4) is 0 Å². The van der Waals surface area contributed by atoms with E-state index in [4.69, 9.17) is 11.6 Å². The van der Waals surface area contributed by atoms with Crippen LogP contribution in [0.15, 0.2) is 42.5 Å². The SMILES string of the molecule is Cc1ccc(C)c(C(=O)NCC(O)c2ccc(Cl)cc2)c1. The highest BCUT2D eigenvalue weighted by Gasteiger charge is 2.12. The Morgan fingerprint density at radius 2 is 1.86 bits per heavy atom. The van der Waals surface area contributed by atoms with Gasteiger partial charge in [-0.2, -0.15) is 0 Å². The number of aliphatic hydroxyl groups is 1. The second-order valence-corrected chi connectivity index (χ2v) is 5.53. The zero-order chi connectivity index (χ0) is 15.4. The van der Waals surface area contributed by atoms with Crippen LogP contribution in [0, 0.1) is 13.8 Å². The summed E-state index contributed by atoms with van der Waals surface area (Å²) in [5, 5.41) is 13.4. The number of rotatable bonds is 4. The summed E-state index contributed by atoms with van der Waals surface area (Å²) >= 11 is 5.80. The standard InChI is InChI=1S/C17H18ClNO2/c1-11-3-4-12(2)15(9-11)17(21)19-10-16(20)13-5-7-14(18)8-6-13/h3-9,16,20H,10H2,1-2H3,(H,19,21). The van der Waals surface area contributed by atoms with Gasteiger partial charge in [0.1, 0.15) is 0 Å². The van der Waals surface area contributed by atoms with Crippen molar-refractivity contribution in [2.75, 3.05) is 6.54 Å². The number of benzene rings is 2. The van der Waals surface area contributed by atoms with Gasteiger partial charge < -0.3 is 10.4 Å². The number of amides is 1. The topological polar surface area (TPSA) is 49.3 Å². The molecule has 4 heteroatoms. The highest BCUT2D eigenvalue weighted by Crippen LogP contribution is 2.16. The van der Waals surface area contributed by atoms with E-state index in [0.717, 1.165) is 16.7 Å². The van der Waals surface area contributed by atoms with Crippen LogP contribution in [-0.2, 0) is 0 Å². The highest BCUT2D eigenvalue weighted by atomic mass is 35.5. The molecule has 2 N–H and O–H groups in total. The predicted molar refractivity (Wildman–Crippen MR) is 84.7 cm³/mol. The molecule has 0 spiro atoms. The third-order valence-electron chi connectivity index (χ3n) is 3.35. The normalized spacial score (nSPS) is 12.0. The van der Waals surface area contributed by atoms with Crippen molar-refractivity contribution in [3.63, 3.8) is 0 Å². The molecule has 3 nitrogen and oxygen atoms in total. The Balaban J connectivity index is 2.00. The molecule has 0 radical (unpaired) electrons. The molecule has 1 amide bonds. The Labute approximate surface area is 129 Å². The summed E-state index contributed by atoms with van der Waals surface area (Å²) in [5.41, 5.74) is 3.31. The monoisotopic (exact) mass is 303 g/mol. The van der Waals surface area contributed by atoms with Gasteiger partial charge in [-0.05, 0) is 43.2 Å². The lowest BCUT2D eigenvalue weighted by atomic mass is 10.0. The Hall–Kier alpha value is -1.84. The number of hydrogen-bond donors (Lipinski definition) is 2. The molecule has 0 aromatic heterocycles. The Morgan fingerprint density at radius 3 is 2.52 bits per heavy atom.